The summed E-state index contributed by atoms with van der Waals surface area (Å²) in [5.41, 5.74) is 3.99. The maximum Gasteiger partial charge on any atom is 0.128 e. The molecule has 0 fully saturated rings. The minimum absolute atomic E-state index is 0.783. The van der Waals surface area contributed by atoms with Crippen LogP contribution in [0.2, 0.25) is 0 Å². The highest BCUT2D eigenvalue weighted by molar-refractivity contribution is 6.07. The minimum atomic E-state index is 0.783. The Morgan fingerprint density at radius 2 is 1.50 bits per heavy atom. The summed E-state index contributed by atoms with van der Waals surface area (Å²) in [5, 5.41) is 2.13. The van der Waals surface area contributed by atoms with Crippen LogP contribution in [0.5, 0.6) is 11.5 Å². The second-order valence-electron chi connectivity index (χ2n) is 5.44. The fourth-order valence-corrected chi connectivity index (χ4v) is 3.03. The van der Waals surface area contributed by atoms with Crippen LogP contribution in [0.1, 0.15) is 0 Å². The van der Waals surface area contributed by atoms with Gasteiger partial charge in [-0.25, -0.2) is 0 Å². The molecule has 0 radical (unpaired) electrons. The lowest BCUT2D eigenvalue weighted by Gasteiger charge is -2.15. The van der Waals surface area contributed by atoms with E-state index in [4.69, 9.17) is 18.3 Å². The Labute approximate surface area is 139 Å². The van der Waals surface area contributed by atoms with Crippen LogP contribution in [-0.2, 0) is 0 Å². The normalized spacial score (nSPS) is 10.9. The lowest BCUT2D eigenvalue weighted by Crippen LogP contribution is -1.92. The van der Waals surface area contributed by atoms with Crippen molar-refractivity contribution in [1.29, 1.82) is 0 Å². The molecule has 0 aliphatic heterocycles. The van der Waals surface area contributed by atoms with Gasteiger partial charge in [-0.3, -0.25) is 0 Å². The molecule has 4 rings (SSSR count). The number of fused-ring (bicyclic) bond motifs is 1. The molecule has 4 aromatic rings. The standard InChI is InChI=1S/C20H16O4/c1-21-15-3-4-16-18(9-15)17(13-5-7-23-11-13)10-19(22-2)20(16)14-6-8-24-12-14/h3-12H,1-2H3. The van der Waals surface area contributed by atoms with Gasteiger partial charge in [0.05, 0.1) is 39.3 Å². The molecule has 2 heterocycles. The molecule has 2 aromatic heterocycles. The molecule has 0 saturated heterocycles. The second kappa shape index (κ2) is 5.81. The van der Waals surface area contributed by atoms with Gasteiger partial charge >= 0.3 is 0 Å². The molecule has 0 saturated carbocycles. The molecule has 0 N–H and O–H groups in total. The first-order valence-electron chi connectivity index (χ1n) is 7.55. The molecule has 0 unspecified atom stereocenters. The second-order valence-corrected chi connectivity index (χ2v) is 5.44. The average Bonchev–Trinajstić information content (AvgIpc) is 3.33. The quantitative estimate of drug-likeness (QED) is 0.506. The van der Waals surface area contributed by atoms with E-state index in [0.29, 0.717) is 0 Å². The van der Waals surface area contributed by atoms with Gasteiger partial charge in [0.15, 0.2) is 0 Å². The third kappa shape index (κ3) is 2.24. The Morgan fingerprint density at radius 3 is 2.12 bits per heavy atom. The Bertz CT molecular complexity index is 967. The smallest absolute Gasteiger partial charge is 0.128 e. The molecule has 0 aliphatic carbocycles. The van der Waals surface area contributed by atoms with Crippen LogP contribution in [0, 0.1) is 0 Å². The Hall–Kier alpha value is -3.14. The molecule has 4 heteroatoms. The molecule has 4 nitrogen and oxygen atoms in total. The van der Waals surface area contributed by atoms with Gasteiger partial charge in [0.1, 0.15) is 11.5 Å². The van der Waals surface area contributed by atoms with Crippen molar-refractivity contribution in [3.63, 3.8) is 0 Å². The van der Waals surface area contributed by atoms with E-state index < -0.39 is 0 Å². The van der Waals surface area contributed by atoms with E-state index in [0.717, 1.165) is 44.5 Å². The Balaban J connectivity index is 2.12. The highest BCUT2D eigenvalue weighted by Crippen LogP contribution is 2.43. The Kier molecular flexibility index (Phi) is 3.50. The van der Waals surface area contributed by atoms with Crippen LogP contribution in [0.4, 0.5) is 0 Å². The van der Waals surface area contributed by atoms with E-state index >= 15 is 0 Å². The number of methoxy groups -OCH3 is 2. The molecule has 2 aromatic carbocycles. The van der Waals surface area contributed by atoms with E-state index in [2.05, 4.69) is 0 Å². The summed E-state index contributed by atoms with van der Waals surface area (Å²) < 4.78 is 21.6. The molecular weight excluding hydrogens is 304 g/mol. The van der Waals surface area contributed by atoms with Crippen molar-refractivity contribution in [3.05, 3.63) is 61.5 Å². The lowest BCUT2D eigenvalue weighted by molar-refractivity contribution is 0.415. The van der Waals surface area contributed by atoms with Gasteiger partial charge in [0, 0.05) is 16.7 Å². The van der Waals surface area contributed by atoms with Crippen LogP contribution < -0.4 is 9.47 Å². The highest BCUT2D eigenvalue weighted by Gasteiger charge is 2.17. The van der Waals surface area contributed by atoms with Gasteiger partial charge in [0.2, 0.25) is 0 Å². The average molecular weight is 320 g/mol. The van der Waals surface area contributed by atoms with E-state index in [1.54, 1.807) is 39.3 Å². The largest absolute Gasteiger partial charge is 0.497 e. The van der Waals surface area contributed by atoms with Crippen molar-refractivity contribution in [1.82, 2.24) is 0 Å². The first-order valence-corrected chi connectivity index (χ1v) is 7.55. The summed E-state index contributed by atoms with van der Waals surface area (Å²) in [6.45, 7) is 0. The van der Waals surface area contributed by atoms with Gasteiger partial charge in [-0.15, -0.1) is 0 Å². The highest BCUT2D eigenvalue weighted by atomic mass is 16.5. The van der Waals surface area contributed by atoms with Crippen molar-refractivity contribution < 1.29 is 18.3 Å². The fraction of sp³-hybridized carbons (Fsp3) is 0.100. The zero-order valence-electron chi connectivity index (χ0n) is 13.4. The van der Waals surface area contributed by atoms with E-state index in [9.17, 15) is 0 Å². The third-order valence-electron chi connectivity index (χ3n) is 4.17. The van der Waals surface area contributed by atoms with Crippen LogP contribution in [0.25, 0.3) is 33.0 Å². The van der Waals surface area contributed by atoms with Crippen molar-refractivity contribution in [2.24, 2.45) is 0 Å². The molecule has 120 valence electrons. The number of furan rings is 2. The van der Waals surface area contributed by atoms with E-state index in [-0.39, 0.29) is 0 Å². The maximum atomic E-state index is 5.67. The maximum absolute atomic E-state index is 5.67. The first kappa shape index (κ1) is 14.5. The zero-order valence-corrected chi connectivity index (χ0v) is 13.4. The molecule has 0 spiro atoms. The summed E-state index contributed by atoms with van der Waals surface area (Å²) in [5.74, 6) is 1.58. The minimum Gasteiger partial charge on any atom is -0.497 e. The van der Waals surface area contributed by atoms with Gasteiger partial charge in [-0.05, 0) is 52.7 Å². The lowest BCUT2D eigenvalue weighted by atomic mass is 9.92. The van der Waals surface area contributed by atoms with E-state index in [1.807, 2.05) is 36.4 Å². The monoisotopic (exact) mass is 320 g/mol. The van der Waals surface area contributed by atoms with Gasteiger partial charge < -0.3 is 18.3 Å². The van der Waals surface area contributed by atoms with Gasteiger partial charge in [-0.1, -0.05) is 0 Å². The molecule has 0 atom stereocenters. The van der Waals surface area contributed by atoms with Gasteiger partial charge in [-0.2, -0.15) is 0 Å². The van der Waals surface area contributed by atoms with Crippen LogP contribution in [0.15, 0.2) is 70.3 Å². The Morgan fingerprint density at radius 1 is 0.750 bits per heavy atom. The third-order valence-corrected chi connectivity index (χ3v) is 4.17. The number of benzene rings is 2. The molecule has 0 bridgehead atoms. The molecule has 0 aliphatic rings. The van der Waals surface area contributed by atoms with Crippen LogP contribution in [-0.4, -0.2) is 14.2 Å². The zero-order chi connectivity index (χ0) is 16.5. The van der Waals surface area contributed by atoms with Gasteiger partial charge in [0.25, 0.3) is 0 Å². The predicted octanol–water partition coefficient (Wildman–Crippen LogP) is 5.38. The molecule has 24 heavy (non-hydrogen) atoms. The van der Waals surface area contributed by atoms with Crippen LogP contribution >= 0.6 is 0 Å². The summed E-state index contributed by atoms with van der Waals surface area (Å²) in [6.07, 6.45) is 6.77. The van der Waals surface area contributed by atoms with Crippen LogP contribution in [0.3, 0.4) is 0 Å². The SMILES string of the molecule is COc1ccc2c(-c3ccoc3)c(OC)cc(-c3ccoc3)c2c1. The topological polar surface area (TPSA) is 44.7 Å². The number of ether oxygens (including phenoxy) is 2. The number of rotatable bonds is 4. The predicted molar refractivity (Wildman–Crippen MR) is 92.5 cm³/mol. The van der Waals surface area contributed by atoms with E-state index in [1.165, 1.54) is 0 Å². The summed E-state index contributed by atoms with van der Waals surface area (Å²) in [6, 6.07) is 11.9. The number of hydrogen-bond acceptors (Lipinski definition) is 4. The fourth-order valence-electron chi connectivity index (χ4n) is 3.03. The summed E-state index contributed by atoms with van der Waals surface area (Å²) >= 11 is 0. The first-order chi connectivity index (χ1) is 11.8. The van der Waals surface area contributed by atoms with Crippen molar-refractivity contribution in [3.8, 4) is 33.8 Å². The summed E-state index contributed by atoms with van der Waals surface area (Å²) in [4.78, 5) is 0. The van der Waals surface area contributed by atoms with Crippen molar-refractivity contribution in [2.45, 2.75) is 0 Å². The van der Waals surface area contributed by atoms with Crippen molar-refractivity contribution >= 4 is 10.8 Å². The summed E-state index contributed by atoms with van der Waals surface area (Å²) in [7, 11) is 3.34. The molecular formula is C20H16O4. The number of hydrogen-bond donors (Lipinski definition) is 0. The van der Waals surface area contributed by atoms with Crippen molar-refractivity contribution in [2.75, 3.05) is 14.2 Å². The molecule has 0 amide bonds.